The van der Waals surface area contributed by atoms with Gasteiger partial charge < -0.3 is 9.88 Å². The molecular weight excluding hydrogens is 368 g/mol. The van der Waals surface area contributed by atoms with Gasteiger partial charge in [-0.3, -0.25) is 4.79 Å². The third kappa shape index (κ3) is 4.41. The third-order valence-corrected chi connectivity index (χ3v) is 6.60. The Hall–Kier alpha value is -1.53. The molecule has 0 aliphatic heterocycles. The van der Waals surface area contributed by atoms with Crippen LogP contribution in [0.2, 0.25) is 5.02 Å². The molecule has 1 aliphatic rings. The molecule has 1 aromatic carbocycles. The van der Waals surface area contributed by atoms with E-state index in [1.54, 1.807) is 0 Å². The smallest absolute Gasteiger partial charge is 0.230 e. The van der Waals surface area contributed by atoms with Crippen LogP contribution in [0.1, 0.15) is 33.1 Å². The van der Waals surface area contributed by atoms with E-state index in [-0.39, 0.29) is 11.9 Å². The predicted molar refractivity (Wildman–Crippen MR) is 106 cm³/mol. The quantitative estimate of drug-likeness (QED) is 0.776. The zero-order chi connectivity index (χ0) is 18.7. The average molecular weight is 393 g/mol. The molecule has 1 N–H and O–H groups in total. The van der Waals surface area contributed by atoms with Gasteiger partial charge in [0.1, 0.15) is 0 Å². The van der Waals surface area contributed by atoms with Gasteiger partial charge in [0.2, 0.25) is 5.91 Å². The molecule has 0 bridgehead atoms. The van der Waals surface area contributed by atoms with Gasteiger partial charge in [-0.05, 0) is 42.5 Å². The van der Waals surface area contributed by atoms with Gasteiger partial charge in [-0.25, -0.2) is 0 Å². The summed E-state index contributed by atoms with van der Waals surface area (Å²) in [5.41, 5.74) is 0.950. The van der Waals surface area contributed by atoms with Gasteiger partial charge in [0.15, 0.2) is 11.0 Å². The van der Waals surface area contributed by atoms with Crippen molar-refractivity contribution in [2.24, 2.45) is 18.9 Å². The number of nitrogens with one attached hydrogen (secondary N) is 1. The van der Waals surface area contributed by atoms with Crippen LogP contribution in [0.25, 0.3) is 11.4 Å². The van der Waals surface area contributed by atoms with Crippen molar-refractivity contribution in [2.45, 2.75) is 44.3 Å². The Morgan fingerprint density at radius 2 is 2.00 bits per heavy atom. The fourth-order valence-corrected chi connectivity index (χ4v) is 4.30. The summed E-state index contributed by atoms with van der Waals surface area (Å²) in [7, 11) is 1.91. The number of benzene rings is 1. The fourth-order valence-electron chi connectivity index (χ4n) is 3.46. The summed E-state index contributed by atoms with van der Waals surface area (Å²) in [5, 5.41) is 13.1. The Labute approximate surface area is 163 Å². The second kappa shape index (κ2) is 8.44. The molecule has 140 valence electrons. The van der Waals surface area contributed by atoms with E-state index in [2.05, 4.69) is 29.4 Å². The molecule has 1 fully saturated rings. The van der Waals surface area contributed by atoms with Crippen molar-refractivity contribution >= 4 is 29.3 Å². The maximum Gasteiger partial charge on any atom is 0.230 e. The van der Waals surface area contributed by atoms with E-state index in [1.807, 2.05) is 35.9 Å². The number of rotatable bonds is 5. The van der Waals surface area contributed by atoms with Crippen LogP contribution in [0.15, 0.2) is 29.4 Å². The molecule has 26 heavy (non-hydrogen) atoms. The molecule has 1 heterocycles. The van der Waals surface area contributed by atoms with Gasteiger partial charge in [-0.15, -0.1) is 10.2 Å². The summed E-state index contributed by atoms with van der Waals surface area (Å²) in [5.74, 6) is 2.38. The Morgan fingerprint density at radius 1 is 1.27 bits per heavy atom. The lowest BCUT2D eigenvalue weighted by molar-refractivity contribution is -0.120. The molecule has 7 heteroatoms. The lowest BCUT2D eigenvalue weighted by Gasteiger charge is -2.34. The van der Waals surface area contributed by atoms with E-state index in [4.69, 9.17) is 11.6 Å². The Morgan fingerprint density at radius 3 is 2.73 bits per heavy atom. The van der Waals surface area contributed by atoms with Crippen molar-refractivity contribution in [1.82, 2.24) is 20.1 Å². The molecule has 0 unspecified atom stereocenters. The van der Waals surface area contributed by atoms with Crippen LogP contribution < -0.4 is 5.32 Å². The van der Waals surface area contributed by atoms with Crippen LogP contribution in [-0.2, 0) is 11.8 Å². The van der Waals surface area contributed by atoms with E-state index in [0.717, 1.165) is 23.0 Å². The number of carbonyl (C=O) groups excluding carboxylic acids is 1. The van der Waals surface area contributed by atoms with Crippen molar-refractivity contribution in [3.8, 4) is 11.4 Å². The fraction of sp³-hybridized carbons (Fsp3) is 0.526. The highest BCUT2D eigenvalue weighted by Gasteiger charge is 2.28. The van der Waals surface area contributed by atoms with Gasteiger partial charge >= 0.3 is 0 Å². The lowest BCUT2D eigenvalue weighted by atomic mass is 9.78. The average Bonchev–Trinajstić information content (AvgIpc) is 2.99. The Bertz CT molecular complexity index is 761. The number of halogens is 1. The summed E-state index contributed by atoms with van der Waals surface area (Å²) in [6.07, 6.45) is 3.53. The van der Waals surface area contributed by atoms with Gasteiger partial charge in [-0.2, -0.15) is 0 Å². The van der Waals surface area contributed by atoms with Crippen LogP contribution >= 0.6 is 23.4 Å². The van der Waals surface area contributed by atoms with Crippen molar-refractivity contribution < 1.29 is 4.79 Å². The van der Waals surface area contributed by atoms with Crippen molar-refractivity contribution in [3.05, 3.63) is 29.3 Å². The van der Waals surface area contributed by atoms with Crippen molar-refractivity contribution in [1.29, 1.82) is 0 Å². The molecule has 0 radical (unpaired) electrons. The Kier molecular flexibility index (Phi) is 6.24. The second-order valence-corrected chi connectivity index (χ2v) is 8.48. The molecule has 5 nitrogen and oxygen atoms in total. The minimum absolute atomic E-state index is 0.0667. The SMILES string of the molecule is C[C@H]1[C@H](C)CCC[C@@H]1NC(=O)CSc1nnc(-c2ccc(Cl)cc2)n1C. The molecule has 1 aromatic heterocycles. The van der Waals surface area contributed by atoms with E-state index < -0.39 is 0 Å². The monoisotopic (exact) mass is 392 g/mol. The molecule has 3 atom stereocenters. The van der Waals surface area contributed by atoms with Gasteiger partial charge in [0.05, 0.1) is 5.75 Å². The maximum absolute atomic E-state index is 12.4. The standard InChI is InChI=1S/C19H25ClN4OS/c1-12-5-4-6-16(13(12)2)21-17(25)11-26-19-23-22-18(24(19)3)14-7-9-15(20)10-8-14/h7-10,12-13,16H,4-6,11H2,1-3H3,(H,21,25)/t12-,13+,16+/m1/s1. The van der Waals surface area contributed by atoms with E-state index in [9.17, 15) is 4.79 Å². The van der Waals surface area contributed by atoms with Gasteiger partial charge in [-0.1, -0.05) is 50.1 Å². The molecule has 3 rings (SSSR count). The minimum Gasteiger partial charge on any atom is -0.352 e. The second-order valence-electron chi connectivity index (χ2n) is 7.10. The summed E-state index contributed by atoms with van der Waals surface area (Å²) in [6, 6.07) is 7.78. The highest BCUT2D eigenvalue weighted by molar-refractivity contribution is 7.99. The predicted octanol–water partition coefficient (Wildman–Crippen LogP) is 4.17. The highest BCUT2D eigenvalue weighted by atomic mass is 35.5. The summed E-state index contributed by atoms with van der Waals surface area (Å²) in [4.78, 5) is 12.4. The molecule has 1 saturated carbocycles. The lowest BCUT2D eigenvalue weighted by Crippen LogP contribution is -2.44. The Balaban J connectivity index is 1.58. The number of nitrogens with zero attached hydrogens (tertiary/aromatic N) is 3. The van der Waals surface area contributed by atoms with Crippen LogP contribution in [0.5, 0.6) is 0 Å². The number of aromatic nitrogens is 3. The first kappa shape index (κ1) is 19.2. The molecular formula is C19H25ClN4OS. The summed E-state index contributed by atoms with van der Waals surface area (Å²) >= 11 is 7.35. The number of hydrogen-bond donors (Lipinski definition) is 1. The van der Waals surface area contributed by atoms with Gasteiger partial charge in [0.25, 0.3) is 0 Å². The first-order valence-electron chi connectivity index (χ1n) is 9.03. The van der Waals surface area contributed by atoms with E-state index >= 15 is 0 Å². The zero-order valence-electron chi connectivity index (χ0n) is 15.4. The van der Waals surface area contributed by atoms with Crippen molar-refractivity contribution in [2.75, 3.05) is 5.75 Å². The maximum atomic E-state index is 12.4. The number of hydrogen-bond acceptors (Lipinski definition) is 4. The summed E-state index contributed by atoms with van der Waals surface area (Å²) in [6.45, 7) is 4.51. The van der Waals surface area contributed by atoms with Gasteiger partial charge in [0, 0.05) is 23.7 Å². The third-order valence-electron chi connectivity index (χ3n) is 5.32. The van der Waals surface area contributed by atoms with E-state index in [0.29, 0.717) is 22.6 Å². The molecule has 1 aliphatic carbocycles. The van der Waals surface area contributed by atoms with E-state index in [1.165, 1.54) is 24.6 Å². The van der Waals surface area contributed by atoms with Crippen LogP contribution in [0, 0.1) is 11.8 Å². The largest absolute Gasteiger partial charge is 0.352 e. The summed E-state index contributed by atoms with van der Waals surface area (Å²) < 4.78 is 1.91. The molecule has 1 amide bonds. The first-order chi connectivity index (χ1) is 12.5. The number of amides is 1. The zero-order valence-corrected chi connectivity index (χ0v) is 17.0. The van der Waals surface area contributed by atoms with Crippen LogP contribution in [-0.4, -0.2) is 32.5 Å². The number of carbonyl (C=O) groups is 1. The molecule has 2 aromatic rings. The van der Waals surface area contributed by atoms with Crippen molar-refractivity contribution in [3.63, 3.8) is 0 Å². The molecule has 0 spiro atoms. The number of thioether (sulfide) groups is 1. The first-order valence-corrected chi connectivity index (χ1v) is 10.4. The molecule has 0 saturated heterocycles. The highest BCUT2D eigenvalue weighted by Crippen LogP contribution is 2.30. The topological polar surface area (TPSA) is 59.8 Å². The van der Waals surface area contributed by atoms with Crippen LogP contribution in [0.3, 0.4) is 0 Å². The van der Waals surface area contributed by atoms with Crippen LogP contribution in [0.4, 0.5) is 0 Å². The minimum atomic E-state index is 0.0667. The normalized spacial score (nSPS) is 23.0.